The molecule has 0 unspecified atom stereocenters. The molecule has 2 heterocycles. The van der Waals surface area contributed by atoms with Crippen molar-refractivity contribution < 1.29 is 13.9 Å². The van der Waals surface area contributed by atoms with Gasteiger partial charge >= 0.3 is 0 Å². The van der Waals surface area contributed by atoms with Crippen molar-refractivity contribution in [2.24, 2.45) is 0 Å². The van der Waals surface area contributed by atoms with Gasteiger partial charge in [-0.25, -0.2) is 4.98 Å². The number of amides is 1. The van der Waals surface area contributed by atoms with E-state index in [0.717, 1.165) is 43.9 Å². The largest absolute Gasteiger partial charge is 0.491 e. The van der Waals surface area contributed by atoms with Crippen LogP contribution in [0.15, 0.2) is 41.0 Å². The van der Waals surface area contributed by atoms with Crippen LogP contribution in [0.4, 0.5) is 0 Å². The second-order valence-corrected chi connectivity index (χ2v) is 7.32. The second kappa shape index (κ2) is 7.94. The lowest BCUT2D eigenvalue weighted by atomic mass is 9.89. The maximum Gasteiger partial charge on any atom is 0.276 e. The number of para-hydroxylation sites is 1. The van der Waals surface area contributed by atoms with Crippen molar-refractivity contribution in [2.45, 2.75) is 56.9 Å². The Labute approximate surface area is 154 Å². The predicted molar refractivity (Wildman–Crippen MR) is 98.3 cm³/mol. The Bertz CT molecular complexity index is 722. The van der Waals surface area contributed by atoms with Gasteiger partial charge in [-0.3, -0.25) is 4.79 Å². The monoisotopic (exact) mass is 354 g/mol. The molecule has 1 aromatic heterocycles. The SMILES string of the molecule is O=C(c1coc(C2CCCCC2)n1)N1CCC[C@H]1COc1ccccc1. The van der Waals surface area contributed by atoms with Gasteiger partial charge in [0.15, 0.2) is 11.6 Å². The molecule has 1 amide bonds. The average Bonchev–Trinajstić information content (AvgIpc) is 3.37. The van der Waals surface area contributed by atoms with Gasteiger partial charge in [0.1, 0.15) is 18.6 Å². The summed E-state index contributed by atoms with van der Waals surface area (Å²) in [6.07, 6.45) is 9.48. The van der Waals surface area contributed by atoms with E-state index in [9.17, 15) is 4.79 Å². The van der Waals surface area contributed by atoms with Gasteiger partial charge in [-0.2, -0.15) is 0 Å². The molecule has 0 N–H and O–H groups in total. The van der Waals surface area contributed by atoms with Gasteiger partial charge in [0, 0.05) is 12.5 Å². The zero-order valence-corrected chi connectivity index (χ0v) is 15.1. The summed E-state index contributed by atoms with van der Waals surface area (Å²) >= 11 is 0. The fraction of sp³-hybridized carbons (Fsp3) is 0.524. The van der Waals surface area contributed by atoms with Crippen LogP contribution in [0.5, 0.6) is 5.75 Å². The van der Waals surface area contributed by atoms with Gasteiger partial charge in [0.25, 0.3) is 5.91 Å². The number of oxazole rings is 1. The Morgan fingerprint density at radius 3 is 2.73 bits per heavy atom. The molecule has 4 rings (SSSR count). The molecular formula is C21H26N2O3. The van der Waals surface area contributed by atoms with Crippen LogP contribution < -0.4 is 4.74 Å². The highest BCUT2D eigenvalue weighted by molar-refractivity contribution is 5.92. The molecule has 1 saturated heterocycles. The zero-order chi connectivity index (χ0) is 17.8. The lowest BCUT2D eigenvalue weighted by Gasteiger charge is -2.24. The Hall–Kier alpha value is -2.30. The summed E-state index contributed by atoms with van der Waals surface area (Å²) in [5.74, 6) is 1.92. The third-order valence-electron chi connectivity index (χ3n) is 5.52. The van der Waals surface area contributed by atoms with Crippen molar-refractivity contribution in [2.75, 3.05) is 13.2 Å². The number of likely N-dealkylation sites (tertiary alicyclic amines) is 1. The quantitative estimate of drug-likeness (QED) is 0.798. The van der Waals surface area contributed by atoms with Crippen molar-refractivity contribution in [3.8, 4) is 5.75 Å². The van der Waals surface area contributed by atoms with Crippen molar-refractivity contribution in [1.82, 2.24) is 9.88 Å². The lowest BCUT2D eigenvalue weighted by Crippen LogP contribution is -2.39. The van der Waals surface area contributed by atoms with Crippen LogP contribution in [-0.2, 0) is 0 Å². The van der Waals surface area contributed by atoms with Crippen LogP contribution in [0, 0.1) is 0 Å². The van der Waals surface area contributed by atoms with Gasteiger partial charge < -0.3 is 14.1 Å². The molecular weight excluding hydrogens is 328 g/mol. The molecule has 0 spiro atoms. The summed E-state index contributed by atoms with van der Waals surface area (Å²) in [7, 11) is 0. The van der Waals surface area contributed by atoms with E-state index in [-0.39, 0.29) is 11.9 Å². The number of nitrogens with zero attached hydrogens (tertiary/aromatic N) is 2. The Morgan fingerprint density at radius 2 is 1.92 bits per heavy atom. The lowest BCUT2D eigenvalue weighted by molar-refractivity contribution is 0.0685. The summed E-state index contributed by atoms with van der Waals surface area (Å²) in [6, 6.07) is 9.85. The molecule has 1 aliphatic carbocycles. The highest BCUT2D eigenvalue weighted by Gasteiger charge is 2.32. The zero-order valence-electron chi connectivity index (χ0n) is 15.1. The first kappa shape index (κ1) is 17.1. The number of aromatic nitrogens is 1. The van der Waals surface area contributed by atoms with E-state index in [1.165, 1.54) is 19.3 Å². The fourth-order valence-electron chi connectivity index (χ4n) is 4.06. The fourth-order valence-corrected chi connectivity index (χ4v) is 4.06. The van der Waals surface area contributed by atoms with E-state index >= 15 is 0 Å². The molecule has 26 heavy (non-hydrogen) atoms. The Kier molecular flexibility index (Phi) is 5.23. The summed E-state index contributed by atoms with van der Waals surface area (Å²) < 4.78 is 11.5. The van der Waals surface area contributed by atoms with Crippen molar-refractivity contribution in [3.63, 3.8) is 0 Å². The summed E-state index contributed by atoms with van der Waals surface area (Å²) in [4.78, 5) is 19.3. The number of carbonyl (C=O) groups is 1. The van der Waals surface area contributed by atoms with E-state index in [1.807, 2.05) is 35.2 Å². The third-order valence-corrected chi connectivity index (χ3v) is 5.52. The number of hydrogen-bond donors (Lipinski definition) is 0. The minimum Gasteiger partial charge on any atom is -0.491 e. The molecule has 138 valence electrons. The van der Waals surface area contributed by atoms with E-state index in [1.54, 1.807) is 6.26 Å². The number of benzene rings is 1. The van der Waals surface area contributed by atoms with Crippen LogP contribution in [0.3, 0.4) is 0 Å². The van der Waals surface area contributed by atoms with Gasteiger partial charge in [0.05, 0.1) is 6.04 Å². The number of rotatable bonds is 5. The van der Waals surface area contributed by atoms with Crippen LogP contribution in [-0.4, -0.2) is 35.0 Å². The first-order valence-corrected chi connectivity index (χ1v) is 9.75. The van der Waals surface area contributed by atoms with Gasteiger partial charge in [-0.1, -0.05) is 37.5 Å². The normalized spacial score (nSPS) is 21.1. The van der Waals surface area contributed by atoms with Crippen molar-refractivity contribution >= 4 is 5.91 Å². The van der Waals surface area contributed by atoms with Gasteiger partial charge in [0.2, 0.25) is 0 Å². The van der Waals surface area contributed by atoms with Crippen LogP contribution >= 0.6 is 0 Å². The van der Waals surface area contributed by atoms with Gasteiger partial charge in [-0.15, -0.1) is 0 Å². The highest BCUT2D eigenvalue weighted by Crippen LogP contribution is 2.32. The molecule has 1 atom stereocenters. The topological polar surface area (TPSA) is 55.6 Å². The van der Waals surface area contributed by atoms with Crippen LogP contribution in [0.25, 0.3) is 0 Å². The minimum atomic E-state index is -0.0324. The smallest absolute Gasteiger partial charge is 0.276 e. The number of carbonyl (C=O) groups excluding carboxylic acids is 1. The first-order chi connectivity index (χ1) is 12.8. The van der Waals surface area contributed by atoms with E-state index < -0.39 is 0 Å². The number of hydrogen-bond acceptors (Lipinski definition) is 4. The third kappa shape index (κ3) is 3.76. The molecule has 5 nitrogen and oxygen atoms in total. The van der Waals surface area contributed by atoms with E-state index in [0.29, 0.717) is 18.2 Å². The predicted octanol–water partition coefficient (Wildman–Crippen LogP) is 4.41. The molecule has 1 aliphatic heterocycles. The van der Waals surface area contributed by atoms with Crippen molar-refractivity contribution in [3.05, 3.63) is 48.2 Å². The molecule has 1 saturated carbocycles. The second-order valence-electron chi connectivity index (χ2n) is 7.32. The molecule has 5 heteroatoms. The molecule has 0 radical (unpaired) electrons. The maximum absolute atomic E-state index is 12.9. The van der Waals surface area contributed by atoms with E-state index in [4.69, 9.17) is 9.15 Å². The number of ether oxygens (including phenoxy) is 1. The van der Waals surface area contributed by atoms with Crippen LogP contribution in [0.1, 0.15) is 67.2 Å². The first-order valence-electron chi connectivity index (χ1n) is 9.75. The van der Waals surface area contributed by atoms with Crippen LogP contribution in [0.2, 0.25) is 0 Å². The molecule has 2 aliphatic rings. The molecule has 1 aromatic carbocycles. The molecule has 2 aromatic rings. The summed E-state index contributed by atoms with van der Waals surface area (Å²) in [5.41, 5.74) is 0.442. The minimum absolute atomic E-state index is 0.0324. The standard InChI is InChI=1S/C21H26N2O3/c24-21(19-15-26-20(22-19)16-8-3-1-4-9-16)23-13-7-10-17(23)14-25-18-11-5-2-6-12-18/h2,5-6,11-12,15-17H,1,3-4,7-10,13-14H2/t17-/m0/s1. The highest BCUT2D eigenvalue weighted by atomic mass is 16.5. The Morgan fingerprint density at radius 1 is 1.12 bits per heavy atom. The molecule has 0 bridgehead atoms. The van der Waals surface area contributed by atoms with E-state index in [2.05, 4.69) is 4.98 Å². The average molecular weight is 354 g/mol. The maximum atomic E-state index is 12.9. The van der Waals surface area contributed by atoms with Gasteiger partial charge in [-0.05, 0) is 37.8 Å². The Balaban J connectivity index is 1.39. The summed E-state index contributed by atoms with van der Waals surface area (Å²) in [6.45, 7) is 1.27. The summed E-state index contributed by atoms with van der Waals surface area (Å²) in [5, 5.41) is 0. The molecule has 2 fully saturated rings. The van der Waals surface area contributed by atoms with Crippen molar-refractivity contribution in [1.29, 1.82) is 0 Å².